The van der Waals surface area contributed by atoms with E-state index in [9.17, 15) is 23.9 Å². The van der Waals surface area contributed by atoms with Crippen molar-refractivity contribution in [1.29, 1.82) is 0 Å². The van der Waals surface area contributed by atoms with Crippen LogP contribution in [0.5, 0.6) is 0 Å². The van der Waals surface area contributed by atoms with E-state index in [1.54, 1.807) is 0 Å². The van der Waals surface area contributed by atoms with Gasteiger partial charge in [-0.2, -0.15) is 20.5 Å². The van der Waals surface area contributed by atoms with Crippen LogP contribution < -0.4 is 37.4 Å². The SMILES string of the molecule is N[C@@H](C[S-])C(=O)O.Nc1nc2c(c(=O)[nH]1)N[C@H]1C([S-])=C([S-])[C@@H](COP(=O)([O-])[O-])O[C@H]1N2.[O]=[Mo]=[O]. The number of carboxylic acids is 1. The second-order valence-corrected chi connectivity index (χ2v) is 8.84. The molecular formula is C13H16MoN6O10PS3-5. The zero-order valence-electron chi connectivity index (χ0n) is 16.5. The molecule has 0 amide bonds. The number of H-pyrrole nitrogens is 1. The number of fused-ring (bicyclic) bond motifs is 2. The Kier molecular flexibility index (Phi) is 12.3. The number of aromatic amines is 1. The Labute approximate surface area is 216 Å². The third-order valence-corrected chi connectivity index (χ3v) is 5.74. The number of aromatic nitrogens is 2. The molecule has 0 spiro atoms. The van der Waals surface area contributed by atoms with Gasteiger partial charge in [0.15, 0.2) is 12.0 Å². The molecule has 3 rings (SSSR count). The number of carbonyl (C=O) groups is 1. The first-order valence-electron chi connectivity index (χ1n) is 8.56. The van der Waals surface area contributed by atoms with Gasteiger partial charge in [-0.25, -0.2) is 0 Å². The van der Waals surface area contributed by atoms with Crippen LogP contribution in [-0.4, -0.2) is 57.8 Å². The maximum absolute atomic E-state index is 11.9. The van der Waals surface area contributed by atoms with Crippen molar-refractivity contribution in [3.05, 3.63) is 20.2 Å². The Bertz CT molecular complexity index is 1060. The fourth-order valence-electron chi connectivity index (χ4n) is 2.39. The van der Waals surface area contributed by atoms with Gasteiger partial charge in [0.25, 0.3) is 5.56 Å². The summed E-state index contributed by atoms with van der Waals surface area (Å²) in [6.45, 7) is -0.591. The third-order valence-electron chi connectivity index (χ3n) is 3.83. The van der Waals surface area contributed by atoms with E-state index in [2.05, 4.69) is 37.8 Å². The summed E-state index contributed by atoms with van der Waals surface area (Å²) in [6.07, 6.45) is -1.82. The molecule has 0 fully saturated rings. The van der Waals surface area contributed by atoms with Crippen LogP contribution >= 0.6 is 7.82 Å². The number of hydrogen-bond acceptors (Lipinski definition) is 17. The molecule has 192 valence electrons. The van der Waals surface area contributed by atoms with Crippen LogP contribution in [0.1, 0.15) is 0 Å². The summed E-state index contributed by atoms with van der Waals surface area (Å²) in [4.78, 5) is 49.5. The van der Waals surface area contributed by atoms with Gasteiger partial charge >= 0.3 is 31.3 Å². The summed E-state index contributed by atoms with van der Waals surface area (Å²) in [5, 5.41) is 13.7. The van der Waals surface area contributed by atoms with Gasteiger partial charge < -0.3 is 88.7 Å². The molecule has 1 aromatic rings. The first kappa shape index (κ1) is 30.6. The van der Waals surface area contributed by atoms with Crippen molar-refractivity contribution < 1.29 is 58.8 Å². The molecule has 16 nitrogen and oxygen atoms in total. The Morgan fingerprint density at radius 3 is 2.38 bits per heavy atom. The molecule has 2 aliphatic rings. The van der Waals surface area contributed by atoms with E-state index in [0.717, 1.165) is 0 Å². The summed E-state index contributed by atoms with van der Waals surface area (Å²) in [6, 6.07) is -1.52. The molecule has 0 aromatic carbocycles. The van der Waals surface area contributed by atoms with Crippen LogP contribution in [0.3, 0.4) is 0 Å². The van der Waals surface area contributed by atoms with Crippen molar-refractivity contribution >= 4 is 69.1 Å². The number of nitrogen functional groups attached to an aromatic ring is 1. The average molecular weight is 639 g/mol. The molecular weight excluding hydrogens is 623 g/mol. The Balaban J connectivity index is 0.000000491. The van der Waals surface area contributed by atoms with Crippen molar-refractivity contribution in [2.24, 2.45) is 5.73 Å². The summed E-state index contributed by atoms with van der Waals surface area (Å²) in [7, 11) is -5.17. The molecule has 0 saturated carbocycles. The van der Waals surface area contributed by atoms with Crippen molar-refractivity contribution in [3.63, 3.8) is 0 Å². The molecule has 1 aromatic heterocycles. The van der Waals surface area contributed by atoms with E-state index >= 15 is 0 Å². The summed E-state index contributed by atoms with van der Waals surface area (Å²) < 4.78 is 37.4. The number of rotatable bonds is 5. The molecule has 34 heavy (non-hydrogen) atoms. The van der Waals surface area contributed by atoms with Gasteiger partial charge in [-0.3, -0.25) is 14.6 Å². The summed E-state index contributed by atoms with van der Waals surface area (Å²) >= 11 is 12.7. The number of phosphoric acid groups is 1. The number of phosphoric ester groups is 1. The number of ether oxygens (including phenoxy) is 1. The van der Waals surface area contributed by atoms with E-state index in [-0.39, 0.29) is 33.0 Å². The number of nitrogens with one attached hydrogen (secondary N) is 3. The van der Waals surface area contributed by atoms with Crippen LogP contribution in [0.2, 0.25) is 0 Å². The minimum absolute atomic E-state index is 0.0787. The predicted molar refractivity (Wildman–Crippen MR) is 113 cm³/mol. The quantitative estimate of drug-likeness (QED) is 0.102. The first-order chi connectivity index (χ1) is 15.7. The van der Waals surface area contributed by atoms with E-state index in [1.807, 2.05) is 0 Å². The van der Waals surface area contributed by atoms with Gasteiger partial charge in [0, 0.05) is 0 Å². The number of nitrogens with zero attached hydrogens (tertiary/aromatic N) is 1. The number of carboxylic acid groups (broad SMARTS) is 1. The van der Waals surface area contributed by atoms with Gasteiger partial charge in [0.05, 0.1) is 32.6 Å². The minimum atomic E-state index is -5.17. The van der Waals surface area contributed by atoms with Crippen molar-refractivity contribution in [2.75, 3.05) is 28.7 Å². The second-order valence-electron chi connectivity index (χ2n) is 6.14. The zero-order valence-corrected chi connectivity index (χ0v) is 21.9. The third kappa shape index (κ3) is 8.99. The summed E-state index contributed by atoms with van der Waals surface area (Å²) in [5.41, 5.74) is 10.0. The van der Waals surface area contributed by atoms with E-state index in [4.69, 9.17) is 53.4 Å². The van der Waals surface area contributed by atoms with E-state index < -0.39 is 68.9 Å². The topological polar surface area (TPSA) is 275 Å². The summed E-state index contributed by atoms with van der Waals surface area (Å²) in [5.74, 6) is -0.907. The maximum atomic E-state index is 11.9. The Morgan fingerprint density at radius 2 is 1.91 bits per heavy atom. The number of nitrogens with two attached hydrogens (primary N) is 2. The van der Waals surface area contributed by atoms with Crippen molar-refractivity contribution in [3.8, 4) is 0 Å². The van der Waals surface area contributed by atoms with Crippen LogP contribution in [0.15, 0.2) is 14.6 Å². The molecule has 0 aliphatic carbocycles. The van der Waals surface area contributed by atoms with Crippen LogP contribution in [0.4, 0.5) is 17.5 Å². The van der Waals surface area contributed by atoms with Gasteiger partial charge in [-0.15, -0.1) is 0 Å². The molecule has 3 heterocycles. The molecule has 2 aliphatic heterocycles. The fraction of sp³-hybridized carbons (Fsp3) is 0.462. The van der Waals surface area contributed by atoms with E-state index in [1.165, 1.54) is 0 Å². The van der Waals surface area contributed by atoms with Crippen LogP contribution in [0.25, 0.3) is 0 Å². The normalized spacial score (nSPS) is 21.6. The predicted octanol–water partition coefficient (Wildman–Crippen LogP) is -3.86. The average Bonchev–Trinajstić information content (AvgIpc) is 2.74. The number of anilines is 3. The monoisotopic (exact) mass is 641 g/mol. The van der Waals surface area contributed by atoms with Crippen molar-refractivity contribution in [1.82, 2.24) is 9.97 Å². The second kappa shape index (κ2) is 13.6. The number of hydrogen-bond donors (Lipinski definition) is 6. The Hall–Kier alpha value is -1.40. The van der Waals surface area contributed by atoms with Gasteiger partial charge in [0.2, 0.25) is 5.95 Å². The first-order valence-corrected chi connectivity index (χ1v) is 13.1. The van der Waals surface area contributed by atoms with E-state index in [0.29, 0.717) is 0 Å². The van der Waals surface area contributed by atoms with Crippen LogP contribution in [-0.2, 0) is 81.8 Å². The molecule has 0 bridgehead atoms. The zero-order chi connectivity index (χ0) is 26.2. The number of aliphatic carboxylic acids is 1. The fourth-order valence-corrected chi connectivity index (χ4v) is 3.41. The molecule has 21 heteroatoms. The Morgan fingerprint density at radius 1 is 1.32 bits per heavy atom. The van der Waals surface area contributed by atoms with Gasteiger partial charge in [0.1, 0.15) is 5.69 Å². The standard InChI is InChI=1S/C10H14N5O6PS2.C3H7NO2S.Mo.2O/c11-10-14-7-4(8(16)15-10)12-3-6(24)5(23)2(21-9(3)13-7)1-20-22(17,18)19;4-2(1-7)3(5)6;;;/h2-3,9,12,23-24H,1H2,(H2,17,18,19)(H4,11,13,14,15,16);2,7H,1,4H2,(H,5,6);;;/p-5/t2-,3+,9-;2-;;;/m10.../s1. The van der Waals surface area contributed by atoms with Crippen LogP contribution in [0, 0.1) is 0 Å². The molecule has 0 saturated heterocycles. The molecule has 0 unspecified atom stereocenters. The molecule has 8 N–H and O–H groups in total. The molecule has 0 radical (unpaired) electrons. The van der Waals surface area contributed by atoms with Crippen molar-refractivity contribution in [2.45, 2.75) is 24.4 Å². The molecule has 4 atom stereocenters. The van der Waals surface area contributed by atoms with Gasteiger partial charge in [-0.05, 0) is 0 Å². The van der Waals surface area contributed by atoms with Gasteiger partial charge in [-0.1, -0.05) is 0 Å².